The van der Waals surface area contributed by atoms with E-state index in [4.69, 9.17) is 10.2 Å². The van der Waals surface area contributed by atoms with E-state index in [1.54, 1.807) is 12.1 Å². The Bertz CT molecular complexity index is 770. The standard InChI is InChI=1S/C17H22N4O3.ClH/c1-9(2)15(18)16(23)19-8-14(22)20-11-5-6-12-13(7-11)24-17(21-12)10-3-4-10;/h5-7,9-10,15H,3-4,8,18H2,1-2H3,(H,19,23)(H,20,22);1H/t15-;/m0./s1. The second-order valence-electron chi connectivity index (χ2n) is 6.54. The van der Waals surface area contributed by atoms with Gasteiger partial charge in [0.1, 0.15) is 5.52 Å². The Morgan fingerprint density at radius 1 is 1.36 bits per heavy atom. The Morgan fingerprint density at radius 3 is 2.72 bits per heavy atom. The molecule has 2 aromatic rings. The van der Waals surface area contributed by atoms with Gasteiger partial charge in [0.2, 0.25) is 11.8 Å². The molecule has 25 heavy (non-hydrogen) atoms. The summed E-state index contributed by atoms with van der Waals surface area (Å²) in [6.45, 7) is 3.58. The molecule has 4 N–H and O–H groups in total. The third-order valence-electron chi connectivity index (χ3n) is 4.06. The lowest BCUT2D eigenvalue weighted by Crippen LogP contribution is -2.46. The number of halogens is 1. The summed E-state index contributed by atoms with van der Waals surface area (Å²) in [5.74, 6) is 0.572. The number of amides is 2. The first kappa shape index (κ1) is 19.2. The van der Waals surface area contributed by atoms with Gasteiger partial charge in [0, 0.05) is 17.7 Å². The van der Waals surface area contributed by atoms with Gasteiger partial charge in [0.15, 0.2) is 11.5 Å². The lowest BCUT2D eigenvalue weighted by molar-refractivity contribution is -0.125. The highest BCUT2D eigenvalue weighted by molar-refractivity contribution is 5.96. The molecule has 1 aliphatic rings. The molecule has 0 aliphatic heterocycles. The van der Waals surface area contributed by atoms with E-state index in [0.29, 0.717) is 17.2 Å². The van der Waals surface area contributed by atoms with Crippen LogP contribution in [0.5, 0.6) is 0 Å². The number of oxazole rings is 1. The summed E-state index contributed by atoms with van der Waals surface area (Å²) in [4.78, 5) is 28.1. The molecule has 2 amide bonds. The molecule has 8 heteroatoms. The molecule has 136 valence electrons. The zero-order chi connectivity index (χ0) is 17.3. The zero-order valence-corrected chi connectivity index (χ0v) is 15.1. The summed E-state index contributed by atoms with van der Waals surface area (Å²) in [5.41, 5.74) is 7.77. The van der Waals surface area contributed by atoms with Crippen LogP contribution in [0.1, 0.15) is 38.5 Å². The number of benzene rings is 1. The maximum Gasteiger partial charge on any atom is 0.243 e. The van der Waals surface area contributed by atoms with Gasteiger partial charge in [-0.2, -0.15) is 0 Å². The van der Waals surface area contributed by atoms with Crippen molar-refractivity contribution in [1.29, 1.82) is 0 Å². The minimum absolute atomic E-state index is 0. The first-order valence-corrected chi connectivity index (χ1v) is 8.17. The first-order chi connectivity index (χ1) is 11.4. The van der Waals surface area contributed by atoms with Crippen LogP contribution in [0.25, 0.3) is 11.1 Å². The number of nitrogens with two attached hydrogens (primary N) is 1. The van der Waals surface area contributed by atoms with Crippen LogP contribution in [0.2, 0.25) is 0 Å². The van der Waals surface area contributed by atoms with E-state index in [9.17, 15) is 9.59 Å². The molecule has 1 aliphatic carbocycles. The molecule has 1 atom stereocenters. The van der Waals surface area contributed by atoms with E-state index in [2.05, 4.69) is 15.6 Å². The maximum absolute atomic E-state index is 12.0. The number of aromatic nitrogens is 1. The Kier molecular flexibility index (Phi) is 6.02. The quantitative estimate of drug-likeness (QED) is 0.725. The van der Waals surface area contributed by atoms with Crippen molar-refractivity contribution in [3.8, 4) is 0 Å². The smallest absolute Gasteiger partial charge is 0.243 e. The maximum atomic E-state index is 12.0. The van der Waals surface area contributed by atoms with Gasteiger partial charge in [0.25, 0.3) is 0 Å². The number of rotatable bonds is 6. The van der Waals surface area contributed by atoms with Crippen molar-refractivity contribution in [3.63, 3.8) is 0 Å². The molecule has 0 spiro atoms. The largest absolute Gasteiger partial charge is 0.440 e. The molecular formula is C17H23ClN4O3. The molecule has 7 nitrogen and oxygen atoms in total. The number of hydrogen-bond donors (Lipinski definition) is 3. The molecule has 1 aromatic carbocycles. The van der Waals surface area contributed by atoms with E-state index in [-0.39, 0.29) is 36.7 Å². The summed E-state index contributed by atoms with van der Waals surface area (Å²) in [5, 5.41) is 5.27. The van der Waals surface area contributed by atoms with Gasteiger partial charge in [-0.3, -0.25) is 9.59 Å². The van der Waals surface area contributed by atoms with Crippen LogP contribution in [0.4, 0.5) is 5.69 Å². The van der Waals surface area contributed by atoms with E-state index in [1.165, 1.54) is 0 Å². The van der Waals surface area contributed by atoms with Gasteiger partial charge in [-0.1, -0.05) is 13.8 Å². The van der Waals surface area contributed by atoms with Gasteiger partial charge >= 0.3 is 0 Å². The monoisotopic (exact) mass is 366 g/mol. The van der Waals surface area contributed by atoms with E-state index in [1.807, 2.05) is 19.9 Å². The van der Waals surface area contributed by atoms with Gasteiger partial charge in [0.05, 0.1) is 12.6 Å². The van der Waals surface area contributed by atoms with Gasteiger partial charge < -0.3 is 20.8 Å². The average Bonchev–Trinajstić information content (AvgIpc) is 3.31. The van der Waals surface area contributed by atoms with Crippen molar-refractivity contribution in [2.45, 2.75) is 38.6 Å². The van der Waals surface area contributed by atoms with Crippen molar-refractivity contribution < 1.29 is 14.0 Å². The van der Waals surface area contributed by atoms with Crippen LogP contribution in [0.3, 0.4) is 0 Å². The van der Waals surface area contributed by atoms with E-state index >= 15 is 0 Å². The van der Waals surface area contributed by atoms with Crippen molar-refractivity contribution in [3.05, 3.63) is 24.1 Å². The summed E-state index contributed by atoms with van der Waals surface area (Å²) in [6.07, 6.45) is 2.24. The van der Waals surface area contributed by atoms with E-state index in [0.717, 1.165) is 24.2 Å². The molecule has 3 rings (SSSR count). The fourth-order valence-corrected chi connectivity index (χ4v) is 2.32. The molecule has 0 unspecified atom stereocenters. The lowest BCUT2D eigenvalue weighted by atomic mass is 10.1. The molecule has 1 heterocycles. The highest BCUT2D eigenvalue weighted by Gasteiger charge is 2.28. The predicted molar refractivity (Wildman–Crippen MR) is 97.7 cm³/mol. The third kappa shape index (κ3) is 4.70. The zero-order valence-electron chi connectivity index (χ0n) is 14.2. The van der Waals surface area contributed by atoms with Crippen molar-refractivity contribution >= 4 is 41.0 Å². The Morgan fingerprint density at radius 2 is 2.08 bits per heavy atom. The number of fused-ring (bicyclic) bond motifs is 1. The van der Waals surface area contributed by atoms with Crippen molar-refractivity contribution in [2.75, 3.05) is 11.9 Å². The Labute approximate surface area is 152 Å². The summed E-state index contributed by atoms with van der Waals surface area (Å²) in [7, 11) is 0. The third-order valence-corrected chi connectivity index (χ3v) is 4.06. The summed E-state index contributed by atoms with van der Waals surface area (Å²) < 4.78 is 5.72. The topological polar surface area (TPSA) is 110 Å². The number of carbonyl (C=O) groups excluding carboxylic acids is 2. The molecule has 0 saturated heterocycles. The molecule has 0 radical (unpaired) electrons. The normalized spacial score (nSPS) is 14.9. The second-order valence-corrected chi connectivity index (χ2v) is 6.54. The van der Waals surface area contributed by atoms with Crippen LogP contribution >= 0.6 is 12.4 Å². The second kappa shape index (κ2) is 7.84. The van der Waals surface area contributed by atoms with Gasteiger partial charge in [-0.15, -0.1) is 12.4 Å². The summed E-state index contributed by atoms with van der Waals surface area (Å²) >= 11 is 0. The minimum atomic E-state index is -0.621. The molecular weight excluding hydrogens is 344 g/mol. The molecule has 1 saturated carbocycles. The molecule has 0 bridgehead atoms. The number of carbonyl (C=O) groups is 2. The highest BCUT2D eigenvalue weighted by Crippen LogP contribution is 2.40. The van der Waals surface area contributed by atoms with Crippen LogP contribution < -0.4 is 16.4 Å². The Hall–Kier alpha value is -2.12. The minimum Gasteiger partial charge on any atom is -0.440 e. The van der Waals surface area contributed by atoms with Crippen LogP contribution in [-0.4, -0.2) is 29.4 Å². The molecule has 1 fully saturated rings. The number of anilines is 1. The summed E-state index contributed by atoms with van der Waals surface area (Å²) in [6, 6.07) is 4.70. The fourth-order valence-electron chi connectivity index (χ4n) is 2.32. The van der Waals surface area contributed by atoms with E-state index < -0.39 is 6.04 Å². The lowest BCUT2D eigenvalue weighted by Gasteiger charge is -2.15. The SMILES string of the molecule is CC(C)[C@H](N)C(=O)NCC(=O)Nc1ccc2nc(C3CC3)oc2c1.Cl. The number of hydrogen-bond acceptors (Lipinski definition) is 5. The van der Waals surface area contributed by atoms with Gasteiger partial charge in [-0.05, 0) is 30.9 Å². The van der Waals surface area contributed by atoms with Crippen molar-refractivity contribution in [1.82, 2.24) is 10.3 Å². The van der Waals surface area contributed by atoms with Crippen LogP contribution in [0.15, 0.2) is 22.6 Å². The van der Waals surface area contributed by atoms with Crippen LogP contribution in [0, 0.1) is 5.92 Å². The van der Waals surface area contributed by atoms with Crippen LogP contribution in [-0.2, 0) is 9.59 Å². The first-order valence-electron chi connectivity index (χ1n) is 8.17. The number of nitrogens with zero attached hydrogens (tertiary/aromatic N) is 1. The average molecular weight is 367 g/mol. The fraction of sp³-hybridized carbons (Fsp3) is 0.471. The van der Waals surface area contributed by atoms with Crippen molar-refractivity contribution in [2.24, 2.45) is 11.7 Å². The Balaban J connectivity index is 0.00000225. The highest BCUT2D eigenvalue weighted by atomic mass is 35.5. The predicted octanol–water partition coefficient (Wildman–Crippen LogP) is 2.16. The molecule has 1 aromatic heterocycles. The number of nitrogens with one attached hydrogen (secondary N) is 2. The van der Waals surface area contributed by atoms with Gasteiger partial charge in [-0.25, -0.2) is 4.98 Å².